The number of nitrogens with zero attached hydrogens (tertiary/aromatic N) is 1. The number of dihydropyridines is 1. The lowest BCUT2D eigenvalue weighted by molar-refractivity contribution is -0.385. The van der Waals surface area contributed by atoms with Crippen molar-refractivity contribution < 1.29 is 33.5 Å². The van der Waals surface area contributed by atoms with Gasteiger partial charge in [0.15, 0.2) is 5.78 Å². The van der Waals surface area contributed by atoms with Gasteiger partial charge in [0.2, 0.25) is 0 Å². The third-order valence-corrected chi connectivity index (χ3v) is 6.39. The highest BCUT2D eigenvalue weighted by Crippen LogP contribution is 2.46. The minimum Gasteiger partial charge on any atom is -0.468 e. The first-order chi connectivity index (χ1) is 16.6. The van der Waals surface area contributed by atoms with Gasteiger partial charge in [-0.3, -0.25) is 19.7 Å². The number of ketones is 1. The van der Waals surface area contributed by atoms with Crippen LogP contribution in [0.5, 0.6) is 0 Å². The quantitative estimate of drug-likeness (QED) is 0.193. The molecule has 1 heterocycles. The van der Waals surface area contributed by atoms with Gasteiger partial charge in [0.25, 0.3) is 5.69 Å². The number of aryl methyl sites for hydroxylation is 1. The highest BCUT2D eigenvalue weighted by Gasteiger charge is 2.47. The molecule has 0 aromatic heterocycles. The number of carbonyl (C=O) groups excluding carboxylic acids is 3. The smallest absolute Gasteiger partial charge is 0.336 e. The second kappa shape index (κ2) is 10.8. The molecule has 35 heavy (non-hydrogen) atoms. The molecule has 0 bridgehead atoms. The molecular weight excluding hydrogens is 456 g/mol. The summed E-state index contributed by atoms with van der Waals surface area (Å²) in [5.74, 6) is -4.13. The van der Waals surface area contributed by atoms with Crippen molar-refractivity contribution in [3.63, 3.8) is 0 Å². The summed E-state index contributed by atoms with van der Waals surface area (Å²) in [7, 11) is 1.22. The molecule has 1 aliphatic heterocycles. The molecule has 1 aromatic rings. The lowest BCUT2D eigenvalue weighted by Gasteiger charge is -2.38. The average molecular weight is 487 g/mol. The summed E-state index contributed by atoms with van der Waals surface area (Å²) in [4.78, 5) is 50.5. The van der Waals surface area contributed by atoms with Crippen molar-refractivity contribution in [3.05, 3.63) is 62.0 Å². The molecule has 0 radical (unpaired) electrons. The Labute approximate surface area is 203 Å². The van der Waals surface area contributed by atoms with Crippen molar-refractivity contribution >= 4 is 23.4 Å². The first-order valence-electron chi connectivity index (χ1n) is 11.4. The Morgan fingerprint density at radius 3 is 2.57 bits per heavy atom. The van der Waals surface area contributed by atoms with Crippen LogP contribution in [0, 0.1) is 28.9 Å². The van der Waals surface area contributed by atoms with Crippen LogP contribution >= 0.6 is 0 Å². The number of esters is 2. The zero-order chi connectivity index (χ0) is 25.9. The van der Waals surface area contributed by atoms with Crippen molar-refractivity contribution in [2.24, 2.45) is 11.8 Å². The molecule has 10 nitrogen and oxygen atoms in total. The maximum Gasteiger partial charge on any atom is 0.336 e. The summed E-state index contributed by atoms with van der Waals surface area (Å²) >= 11 is 0. The van der Waals surface area contributed by atoms with Gasteiger partial charge >= 0.3 is 11.9 Å². The molecule has 1 N–H and O–H groups in total. The number of ether oxygens (including phenoxy) is 3. The molecule has 2 aliphatic rings. The van der Waals surface area contributed by atoms with Crippen molar-refractivity contribution in [2.75, 3.05) is 26.9 Å². The monoisotopic (exact) mass is 486 g/mol. The number of benzene rings is 1. The van der Waals surface area contributed by atoms with Gasteiger partial charge in [0.05, 0.1) is 24.2 Å². The standard InChI is InChI=1S/C25H30N2O8/c1-6-34-9-10-35-25(30)20-15(4)26-17-11-14(3)19(24(29)33-5)23(28)22(17)21(20)16-8-7-13(2)18(12-16)27(31)32/h7-8,12,14,19,21,26H,6,9-11H2,1-5H3/t14-,19+,21+/m1/s1. The van der Waals surface area contributed by atoms with Crippen LogP contribution in [0.2, 0.25) is 0 Å². The minimum absolute atomic E-state index is 0.00584. The summed E-state index contributed by atoms with van der Waals surface area (Å²) in [5, 5.41) is 14.8. The molecule has 3 rings (SSSR count). The van der Waals surface area contributed by atoms with Crippen LogP contribution in [0.3, 0.4) is 0 Å². The fourth-order valence-electron chi connectivity index (χ4n) is 4.70. The van der Waals surface area contributed by atoms with E-state index in [2.05, 4.69) is 5.32 Å². The van der Waals surface area contributed by atoms with Gasteiger partial charge in [-0.15, -0.1) is 0 Å². The topological polar surface area (TPSA) is 134 Å². The summed E-state index contributed by atoms with van der Waals surface area (Å²) in [6, 6.07) is 4.61. The number of carbonyl (C=O) groups is 3. The molecule has 0 spiro atoms. The van der Waals surface area contributed by atoms with E-state index in [0.29, 0.717) is 35.5 Å². The number of hydrogen-bond acceptors (Lipinski definition) is 9. The van der Waals surface area contributed by atoms with Crippen LogP contribution in [0.15, 0.2) is 40.7 Å². The number of nitro groups is 1. The molecular formula is C25H30N2O8. The van der Waals surface area contributed by atoms with Crippen LogP contribution in [0.4, 0.5) is 5.69 Å². The second-order valence-electron chi connectivity index (χ2n) is 8.67. The zero-order valence-corrected chi connectivity index (χ0v) is 20.5. The maximum absolute atomic E-state index is 13.7. The number of methoxy groups -OCH3 is 1. The summed E-state index contributed by atoms with van der Waals surface area (Å²) in [6.07, 6.45) is 0.370. The minimum atomic E-state index is -1.04. The number of Topliss-reactive ketones (excluding diaryl/α,β-unsaturated/α-hetero) is 1. The molecule has 0 saturated carbocycles. The molecule has 0 fully saturated rings. The molecule has 0 unspecified atom stereocenters. The van der Waals surface area contributed by atoms with Crippen molar-refractivity contribution in [1.29, 1.82) is 0 Å². The van der Waals surface area contributed by atoms with Crippen molar-refractivity contribution in [3.8, 4) is 0 Å². The molecule has 0 amide bonds. The Morgan fingerprint density at radius 2 is 1.94 bits per heavy atom. The van der Waals surface area contributed by atoms with Gasteiger partial charge in [0.1, 0.15) is 12.5 Å². The second-order valence-corrected chi connectivity index (χ2v) is 8.67. The zero-order valence-electron chi connectivity index (χ0n) is 20.5. The Morgan fingerprint density at radius 1 is 1.23 bits per heavy atom. The fraction of sp³-hybridized carbons (Fsp3) is 0.480. The highest BCUT2D eigenvalue weighted by molar-refractivity contribution is 6.12. The van der Waals surface area contributed by atoms with E-state index >= 15 is 0 Å². The highest BCUT2D eigenvalue weighted by atomic mass is 16.6. The van der Waals surface area contributed by atoms with E-state index in [1.54, 1.807) is 32.9 Å². The summed E-state index contributed by atoms with van der Waals surface area (Å²) < 4.78 is 15.5. The SMILES string of the molecule is CCOCCOC(=O)C1=C(C)NC2=C(C(=O)[C@@H](C(=O)OC)[C@H](C)C2)[C@H]1c1ccc(C)c([N+](=O)[O-])c1. The van der Waals surface area contributed by atoms with E-state index in [0.717, 1.165) is 0 Å². The van der Waals surface area contributed by atoms with Gasteiger partial charge in [-0.2, -0.15) is 0 Å². The Balaban J connectivity index is 2.15. The van der Waals surface area contributed by atoms with E-state index in [9.17, 15) is 24.5 Å². The summed E-state index contributed by atoms with van der Waals surface area (Å²) in [6.45, 7) is 7.59. The van der Waals surface area contributed by atoms with Crippen molar-refractivity contribution in [2.45, 2.75) is 40.0 Å². The van der Waals surface area contributed by atoms with Gasteiger partial charge in [-0.05, 0) is 38.7 Å². The molecule has 1 aliphatic carbocycles. The number of nitro benzene ring substituents is 1. The molecule has 10 heteroatoms. The Bertz CT molecular complexity index is 1120. The van der Waals surface area contributed by atoms with E-state index in [1.165, 1.54) is 13.2 Å². The largest absolute Gasteiger partial charge is 0.468 e. The fourth-order valence-corrected chi connectivity index (χ4v) is 4.70. The predicted octanol–water partition coefficient (Wildman–Crippen LogP) is 3.10. The number of hydrogen-bond donors (Lipinski definition) is 1. The number of nitrogens with one attached hydrogen (secondary N) is 1. The van der Waals surface area contributed by atoms with E-state index in [1.807, 2.05) is 6.92 Å². The average Bonchev–Trinajstić information content (AvgIpc) is 2.80. The molecule has 188 valence electrons. The van der Waals surface area contributed by atoms with Crippen LogP contribution in [0.1, 0.15) is 44.2 Å². The first-order valence-corrected chi connectivity index (χ1v) is 11.4. The Hall–Kier alpha value is -3.53. The number of allylic oxidation sites excluding steroid dienone is 3. The van der Waals surface area contributed by atoms with Crippen LogP contribution < -0.4 is 5.32 Å². The third kappa shape index (κ3) is 5.12. The number of rotatable bonds is 8. The predicted molar refractivity (Wildman–Crippen MR) is 125 cm³/mol. The van der Waals surface area contributed by atoms with Crippen molar-refractivity contribution in [1.82, 2.24) is 5.32 Å². The molecule has 0 saturated heterocycles. The van der Waals surface area contributed by atoms with Gasteiger partial charge in [-0.1, -0.05) is 19.1 Å². The van der Waals surface area contributed by atoms with Gasteiger partial charge < -0.3 is 19.5 Å². The lowest BCUT2D eigenvalue weighted by atomic mass is 9.69. The Kier molecular flexibility index (Phi) is 8.06. The van der Waals surface area contributed by atoms with Crippen LogP contribution in [-0.4, -0.2) is 49.6 Å². The molecule has 3 atom stereocenters. The van der Waals surface area contributed by atoms with Crippen LogP contribution in [-0.2, 0) is 28.6 Å². The summed E-state index contributed by atoms with van der Waals surface area (Å²) in [5.41, 5.74) is 2.14. The normalized spacial score (nSPS) is 21.9. The van der Waals surface area contributed by atoms with E-state index in [-0.39, 0.29) is 36.0 Å². The maximum atomic E-state index is 13.7. The van der Waals surface area contributed by atoms with E-state index in [4.69, 9.17) is 14.2 Å². The van der Waals surface area contributed by atoms with Gasteiger partial charge in [0, 0.05) is 41.1 Å². The van der Waals surface area contributed by atoms with Gasteiger partial charge in [-0.25, -0.2) is 4.79 Å². The van der Waals surface area contributed by atoms with E-state index < -0.39 is 34.5 Å². The lowest BCUT2D eigenvalue weighted by Crippen LogP contribution is -2.43. The molecule has 1 aromatic carbocycles. The third-order valence-electron chi connectivity index (χ3n) is 6.39. The first kappa shape index (κ1) is 26.1. The van der Waals surface area contributed by atoms with Crippen LogP contribution in [0.25, 0.3) is 0 Å².